The Labute approximate surface area is 113 Å². The van der Waals surface area contributed by atoms with E-state index < -0.39 is 6.10 Å². The molecule has 0 radical (unpaired) electrons. The minimum atomic E-state index is -0.487. The largest absolute Gasteiger partial charge is 0.389 e. The van der Waals surface area contributed by atoms with E-state index in [1.165, 1.54) is 0 Å². The van der Waals surface area contributed by atoms with Gasteiger partial charge < -0.3 is 14.9 Å². The zero-order valence-electron chi connectivity index (χ0n) is 11.5. The summed E-state index contributed by atoms with van der Waals surface area (Å²) in [6.45, 7) is 6.62. The van der Waals surface area contributed by atoms with Crippen molar-refractivity contribution in [2.75, 3.05) is 31.1 Å². The molecule has 19 heavy (non-hydrogen) atoms. The van der Waals surface area contributed by atoms with Crippen molar-refractivity contribution in [3.63, 3.8) is 0 Å². The zero-order valence-corrected chi connectivity index (χ0v) is 11.5. The minimum Gasteiger partial charge on any atom is -0.389 e. The third-order valence-corrected chi connectivity index (χ3v) is 3.52. The molecule has 1 aliphatic heterocycles. The Morgan fingerprint density at radius 3 is 2.68 bits per heavy atom. The molecule has 0 saturated carbocycles. The molecule has 5 heteroatoms. The molecular weight excluding hydrogens is 242 g/mol. The highest BCUT2D eigenvalue weighted by Crippen LogP contribution is 2.17. The van der Waals surface area contributed by atoms with Crippen LogP contribution >= 0.6 is 0 Å². The number of nitrogens with zero attached hydrogens (tertiary/aromatic N) is 3. The fourth-order valence-corrected chi connectivity index (χ4v) is 2.29. The Balaban J connectivity index is 2.03. The Morgan fingerprint density at radius 2 is 2.11 bits per heavy atom. The van der Waals surface area contributed by atoms with Crippen LogP contribution in [0.4, 0.5) is 5.82 Å². The number of carbonyl (C=O) groups is 1. The lowest BCUT2D eigenvalue weighted by Gasteiger charge is -2.22. The normalized spacial score (nSPS) is 18.1. The first kappa shape index (κ1) is 13.8. The number of carbonyl (C=O) groups excluding carboxylic acids is 1. The third kappa shape index (κ3) is 3.44. The van der Waals surface area contributed by atoms with Crippen molar-refractivity contribution in [3.05, 3.63) is 23.9 Å². The maximum absolute atomic E-state index is 11.4. The zero-order chi connectivity index (χ0) is 13.8. The van der Waals surface area contributed by atoms with Gasteiger partial charge >= 0.3 is 0 Å². The SMILES string of the molecule is CC(=O)N1CCCN(c2ccc([C@H](C)O)cn2)CC1. The van der Waals surface area contributed by atoms with Crippen molar-refractivity contribution in [1.29, 1.82) is 0 Å². The van der Waals surface area contributed by atoms with Crippen LogP contribution in [0.15, 0.2) is 18.3 Å². The Morgan fingerprint density at radius 1 is 1.32 bits per heavy atom. The van der Waals surface area contributed by atoms with Gasteiger partial charge in [0.2, 0.25) is 5.91 Å². The van der Waals surface area contributed by atoms with Crippen LogP contribution in [0.2, 0.25) is 0 Å². The van der Waals surface area contributed by atoms with E-state index in [9.17, 15) is 9.90 Å². The van der Waals surface area contributed by atoms with Crippen LogP contribution in [0.5, 0.6) is 0 Å². The predicted molar refractivity (Wildman–Crippen MR) is 74.0 cm³/mol. The Hall–Kier alpha value is -1.62. The van der Waals surface area contributed by atoms with Gasteiger partial charge in [-0.1, -0.05) is 6.07 Å². The van der Waals surface area contributed by atoms with Crippen molar-refractivity contribution in [3.8, 4) is 0 Å². The molecule has 0 bridgehead atoms. The lowest BCUT2D eigenvalue weighted by Crippen LogP contribution is -2.33. The first-order valence-corrected chi connectivity index (χ1v) is 6.72. The third-order valence-electron chi connectivity index (χ3n) is 3.52. The predicted octanol–water partition coefficient (Wildman–Crippen LogP) is 1.19. The number of aliphatic hydroxyl groups is 1. The van der Waals surface area contributed by atoms with Crippen molar-refractivity contribution in [2.24, 2.45) is 0 Å². The fourth-order valence-electron chi connectivity index (χ4n) is 2.29. The average molecular weight is 263 g/mol. The summed E-state index contributed by atoms with van der Waals surface area (Å²) < 4.78 is 0. The Kier molecular flexibility index (Phi) is 4.37. The summed E-state index contributed by atoms with van der Waals surface area (Å²) >= 11 is 0. The maximum Gasteiger partial charge on any atom is 0.219 e. The van der Waals surface area contributed by atoms with Gasteiger partial charge in [-0.3, -0.25) is 4.79 Å². The highest BCUT2D eigenvalue weighted by atomic mass is 16.3. The standard InChI is InChI=1S/C14H21N3O2/c1-11(18)13-4-5-14(15-10-13)17-7-3-6-16(8-9-17)12(2)19/h4-5,10-11,18H,3,6-9H2,1-2H3/t11-/m0/s1. The van der Waals surface area contributed by atoms with Gasteiger partial charge in [0.05, 0.1) is 6.10 Å². The van der Waals surface area contributed by atoms with E-state index in [1.54, 1.807) is 20.0 Å². The molecule has 1 aromatic rings. The molecule has 1 amide bonds. The van der Waals surface area contributed by atoms with Gasteiger partial charge in [0, 0.05) is 39.3 Å². The number of hydrogen-bond donors (Lipinski definition) is 1. The van der Waals surface area contributed by atoms with E-state index in [4.69, 9.17) is 0 Å². The van der Waals surface area contributed by atoms with Crippen LogP contribution in [0, 0.1) is 0 Å². The van der Waals surface area contributed by atoms with Gasteiger partial charge in [-0.15, -0.1) is 0 Å². The molecular formula is C14H21N3O2. The molecule has 1 fully saturated rings. The maximum atomic E-state index is 11.4. The quantitative estimate of drug-likeness (QED) is 0.871. The van der Waals surface area contributed by atoms with Gasteiger partial charge in [0.25, 0.3) is 0 Å². The number of hydrogen-bond acceptors (Lipinski definition) is 4. The van der Waals surface area contributed by atoms with E-state index in [2.05, 4.69) is 9.88 Å². The van der Waals surface area contributed by atoms with Gasteiger partial charge in [-0.2, -0.15) is 0 Å². The topological polar surface area (TPSA) is 56.7 Å². The Bertz CT molecular complexity index is 431. The highest BCUT2D eigenvalue weighted by Gasteiger charge is 2.17. The van der Waals surface area contributed by atoms with Gasteiger partial charge in [-0.25, -0.2) is 4.98 Å². The summed E-state index contributed by atoms with van der Waals surface area (Å²) in [7, 11) is 0. The molecule has 1 atom stereocenters. The van der Waals surface area contributed by atoms with Crippen LogP contribution in [-0.4, -0.2) is 47.1 Å². The van der Waals surface area contributed by atoms with Gasteiger partial charge in [0.1, 0.15) is 5.82 Å². The molecule has 1 N–H and O–H groups in total. The number of aliphatic hydroxyl groups excluding tert-OH is 1. The van der Waals surface area contributed by atoms with Crippen molar-refractivity contribution in [2.45, 2.75) is 26.4 Å². The number of aromatic nitrogens is 1. The summed E-state index contributed by atoms with van der Waals surface area (Å²) in [4.78, 5) is 19.8. The van der Waals surface area contributed by atoms with Gasteiger partial charge in [-0.05, 0) is 25.0 Å². The number of pyridine rings is 1. The van der Waals surface area contributed by atoms with E-state index in [1.807, 2.05) is 17.0 Å². The molecule has 1 aliphatic rings. The first-order valence-electron chi connectivity index (χ1n) is 6.72. The summed E-state index contributed by atoms with van der Waals surface area (Å²) in [6, 6.07) is 3.84. The van der Waals surface area contributed by atoms with Crippen LogP contribution in [0.1, 0.15) is 31.9 Å². The average Bonchev–Trinajstić information content (AvgIpc) is 2.64. The molecule has 2 rings (SSSR count). The monoisotopic (exact) mass is 263 g/mol. The lowest BCUT2D eigenvalue weighted by atomic mass is 10.2. The van der Waals surface area contributed by atoms with Crippen LogP contribution in [-0.2, 0) is 4.79 Å². The number of rotatable bonds is 2. The molecule has 1 aromatic heterocycles. The number of amides is 1. The molecule has 0 aliphatic carbocycles. The molecule has 1 saturated heterocycles. The van der Waals surface area contributed by atoms with Gasteiger partial charge in [0.15, 0.2) is 0 Å². The summed E-state index contributed by atoms with van der Waals surface area (Å²) in [6.07, 6.45) is 2.19. The van der Waals surface area contributed by atoms with E-state index in [0.717, 1.165) is 44.0 Å². The minimum absolute atomic E-state index is 0.138. The van der Waals surface area contributed by atoms with E-state index in [0.29, 0.717) is 0 Å². The van der Waals surface area contributed by atoms with Crippen molar-refractivity contribution >= 4 is 11.7 Å². The van der Waals surface area contributed by atoms with Crippen LogP contribution in [0.25, 0.3) is 0 Å². The summed E-state index contributed by atoms with van der Waals surface area (Å²) in [5.74, 6) is 1.05. The smallest absolute Gasteiger partial charge is 0.219 e. The molecule has 5 nitrogen and oxygen atoms in total. The summed E-state index contributed by atoms with van der Waals surface area (Å²) in [5, 5.41) is 9.47. The molecule has 104 valence electrons. The second kappa shape index (κ2) is 6.02. The molecule has 0 unspecified atom stereocenters. The molecule has 2 heterocycles. The highest BCUT2D eigenvalue weighted by molar-refractivity contribution is 5.73. The van der Waals surface area contributed by atoms with Crippen LogP contribution < -0.4 is 4.90 Å². The van der Waals surface area contributed by atoms with E-state index >= 15 is 0 Å². The van der Waals surface area contributed by atoms with Crippen molar-refractivity contribution < 1.29 is 9.90 Å². The van der Waals surface area contributed by atoms with Crippen molar-refractivity contribution in [1.82, 2.24) is 9.88 Å². The first-order chi connectivity index (χ1) is 9.08. The molecule has 0 aromatic carbocycles. The number of anilines is 1. The molecule has 0 spiro atoms. The second-order valence-corrected chi connectivity index (χ2v) is 4.97. The fraction of sp³-hybridized carbons (Fsp3) is 0.571. The van der Waals surface area contributed by atoms with E-state index in [-0.39, 0.29) is 5.91 Å². The summed E-state index contributed by atoms with van der Waals surface area (Å²) in [5.41, 5.74) is 0.823. The lowest BCUT2D eigenvalue weighted by molar-refractivity contribution is -0.128. The second-order valence-electron chi connectivity index (χ2n) is 4.97. The van der Waals surface area contributed by atoms with Crippen LogP contribution in [0.3, 0.4) is 0 Å².